The predicted octanol–water partition coefficient (Wildman–Crippen LogP) is 2.46. The SMILES string of the molecule is C=C(CCl)CN(C)C(C)CSC. The molecule has 1 unspecified atom stereocenters. The molecular formula is C9H18ClNS. The highest BCUT2D eigenvalue weighted by molar-refractivity contribution is 7.98. The Morgan fingerprint density at radius 2 is 2.25 bits per heavy atom. The molecule has 0 aromatic carbocycles. The summed E-state index contributed by atoms with van der Waals surface area (Å²) in [6.45, 7) is 7.00. The van der Waals surface area contributed by atoms with Crippen molar-refractivity contribution in [3.8, 4) is 0 Å². The van der Waals surface area contributed by atoms with Gasteiger partial charge in [-0.3, -0.25) is 4.90 Å². The van der Waals surface area contributed by atoms with Crippen molar-refractivity contribution in [1.82, 2.24) is 4.90 Å². The monoisotopic (exact) mass is 207 g/mol. The molecule has 0 radical (unpaired) electrons. The van der Waals surface area contributed by atoms with Crippen LogP contribution >= 0.6 is 23.4 Å². The third-order valence-corrected chi connectivity index (χ3v) is 3.02. The fourth-order valence-electron chi connectivity index (χ4n) is 0.919. The Kier molecular flexibility index (Phi) is 7.01. The summed E-state index contributed by atoms with van der Waals surface area (Å²) >= 11 is 7.51. The molecule has 0 aliphatic rings. The van der Waals surface area contributed by atoms with E-state index >= 15 is 0 Å². The summed E-state index contributed by atoms with van der Waals surface area (Å²) in [4.78, 5) is 2.28. The molecule has 1 atom stereocenters. The Labute approximate surface area is 85.2 Å². The molecule has 0 aromatic rings. The fourth-order valence-corrected chi connectivity index (χ4v) is 1.74. The zero-order chi connectivity index (χ0) is 9.56. The van der Waals surface area contributed by atoms with Crippen LogP contribution in [0.25, 0.3) is 0 Å². The van der Waals surface area contributed by atoms with Crippen LogP contribution in [0.3, 0.4) is 0 Å². The molecule has 0 rings (SSSR count). The Bertz CT molecular complexity index is 138. The van der Waals surface area contributed by atoms with E-state index in [2.05, 4.69) is 31.7 Å². The Balaban J connectivity index is 3.69. The van der Waals surface area contributed by atoms with Crippen LogP contribution in [-0.4, -0.2) is 42.4 Å². The minimum atomic E-state index is 0.566. The van der Waals surface area contributed by atoms with Gasteiger partial charge >= 0.3 is 0 Å². The molecule has 3 heteroatoms. The highest BCUT2D eigenvalue weighted by Gasteiger charge is 2.08. The number of hydrogen-bond acceptors (Lipinski definition) is 2. The van der Waals surface area contributed by atoms with Gasteiger partial charge in [0.2, 0.25) is 0 Å². The van der Waals surface area contributed by atoms with Crippen LogP contribution in [0.4, 0.5) is 0 Å². The van der Waals surface area contributed by atoms with Crippen LogP contribution in [0.2, 0.25) is 0 Å². The van der Waals surface area contributed by atoms with E-state index in [1.165, 1.54) is 0 Å². The van der Waals surface area contributed by atoms with Gasteiger partial charge in [-0.05, 0) is 25.8 Å². The zero-order valence-corrected chi connectivity index (χ0v) is 9.71. The molecule has 0 aliphatic carbocycles. The van der Waals surface area contributed by atoms with Crippen LogP contribution in [0, 0.1) is 0 Å². The first-order valence-corrected chi connectivity index (χ1v) is 5.96. The Morgan fingerprint density at radius 3 is 2.67 bits per heavy atom. The van der Waals surface area contributed by atoms with Gasteiger partial charge in [0.15, 0.2) is 0 Å². The van der Waals surface area contributed by atoms with Crippen molar-refractivity contribution in [2.24, 2.45) is 0 Å². The maximum absolute atomic E-state index is 5.65. The van der Waals surface area contributed by atoms with E-state index in [1.807, 2.05) is 11.8 Å². The summed E-state index contributed by atoms with van der Waals surface area (Å²) in [6.07, 6.45) is 2.13. The normalized spacial score (nSPS) is 13.4. The summed E-state index contributed by atoms with van der Waals surface area (Å²) in [5.41, 5.74) is 1.09. The third-order valence-electron chi connectivity index (χ3n) is 1.82. The number of alkyl halides is 1. The van der Waals surface area contributed by atoms with E-state index < -0.39 is 0 Å². The molecule has 12 heavy (non-hydrogen) atoms. The molecule has 1 nitrogen and oxygen atoms in total. The van der Waals surface area contributed by atoms with Crippen LogP contribution in [0.5, 0.6) is 0 Å². The van der Waals surface area contributed by atoms with Crippen molar-refractivity contribution in [3.63, 3.8) is 0 Å². The van der Waals surface area contributed by atoms with Crippen LogP contribution < -0.4 is 0 Å². The van der Waals surface area contributed by atoms with Gasteiger partial charge in [-0.2, -0.15) is 11.8 Å². The molecule has 72 valence electrons. The van der Waals surface area contributed by atoms with Gasteiger partial charge in [0.1, 0.15) is 0 Å². The lowest BCUT2D eigenvalue weighted by Crippen LogP contribution is -2.32. The number of thioether (sulfide) groups is 1. The molecule has 0 bridgehead atoms. The second-order valence-electron chi connectivity index (χ2n) is 3.10. The minimum absolute atomic E-state index is 0.566. The second kappa shape index (κ2) is 6.81. The third kappa shape index (κ3) is 5.07. The van der Waals surface area contributed by atoms with Crippen LogP contribution in [-0.2, 0) is 0 Å². The van der Waals surface area contributed by atoms with Gasteiger partial charge in [-0.15, -0.1) is 11.6 Å². The van der Waals surface area contributed by atoms with Gasteiger partial charge < -0.3 is 0 Å². The second-order valence-corrected chi connectivity index (χ2v) is 4.28. The highest BCUT2D eigenvalue weighted by Crippen LogP contribution is 2.06. The van der Waals surface area contributed by atoms with E-state index in [4.69, 9.17) is 11.6 Å². The molecule has 0 N–H and O–H groups in total. The number of hydrogen-bond donors (Lipinski definition) is 0. The maximum atomic E-state index is 5.65. The maximum Gasteiger partial charge on any atom is 0.0443 e. The quantitative estimate of drug-likeness (QED) is 0.487. The topological polar surface area (TPSA) is 3.24 Å². The summed E-state index contributed by atoms with van der Waals surface area (Å²) in [7, 11) is 2.11. The molecule has 0 saturated carbocycles. The minimum Gasteiger partial charge on any atom is -0.299 e. The zero-order valence-electron chi connectivity index (χ0n) is 8.14. The smallest absolute Gasteiger partial charge is 0.0443 e. The van der Waals surface area contributed by atoms with Gasteiger partial charge in [0, 0.05) is 24.2 Å². The summed E-state index contributed by atoms with van der Waals surface area (Å²) in [6, 6.07) is 0.597. The molecular weight excluding hydrogens is 190 g/mol. The van der Waals surface area contributed by atoms with Crippen molar-refractivity contribution in [3.05, 3.63) is 12.2 Å². The average Bonchev–Trinajstić information content (AvgIpc) is 2.04. The van der Waals surface area contributed by atoms with Gasteiger partial charge in [0.05, 0.1) is 0 Å². The van der Waals surface area contributed by atoms with Crippen molar-refractivity contribution < 1.29 is 0 Å². The van der Waals surface area contributed by atoms with Gasteiger partial charge in [-0.1, -0.05) is 6.58 Å². The van der Waals surface area contributed by atoms with Crippen LogP contribution in [0.1, 0.15) is 6.92 Å². The number of halogens is 1. The number of likely N-dealkylation sites (N-methyl/N-ethyl adjacent to an activating group) is 1. The Morgan fingerprint density at radius 1 is 1.67 bits per heavy atom. The lowest BCUT2D eigenvalue weighted by molar-refractivity contribution is 0.301. The fraction of sp³-hybridized carbons (Fsp3) is 0.778. The molecule has 0 aliphatic heterocycles. The molecule has 0 aromatic heterocycles. The summed E-state index contributed by atoms with van der Waals surface area (Å²) < 4.78 is 0. The average molecular weight is 208 g/mol. The first-order valence-electron chi connectivity index (χ1n) is 4.03. The van der Waals surface area contributed by atoms with E-state index in [-0.39, 0.29) is 0 Å². The summed E-state index contributed by atoms with van der Waals surface area (Å²) in [5, 5.41) is 0. The summed E-state index contributed by atoms with van der Waals surface area (Å²) in [5.74, 6) is 1.72. The molecule has 0 amide bonds. The first kappa shape index (κ1) is 12.3. The van der Waals surface area contributed by atoms with Crippen molar-refractivity contribution in [1.29, 1.82) is 0 Å². The van der Waals surface area contributed by atoms with E-state index in [0.29, 0.717) is 11.9 Å². The molecule has 0 saturated heterocycles. The van der Waals surface area contributed by atoms with E-state index in [9.17, 15) is 0 Å². The van der Waals surface area contributed by atoms with Crippen LogP contribution in [0.15, 0.2) is 12.2 Å². The lowest BCUT2D eigenvalue weighted by atomic mass is 10.3. The predicted molar refractivity (Wildman–Crippen MR) is 60.3 cm³/mol. The molecule has 0 spiro atoms. The Hall–Kier alpha value is 0.340. The standard InChI is InChI=1S/C9H18ClNS/c1-8(5-10)6-11(3)9(2)7-12-4/h9H,1,5-7H2,2-4H3. The number of rotatable bonds is 6. The van der Waals surface area contributed by atoms with E-state index in [1.54, 1.807) is 0 Å². The van der Waals surface area contributed by atoms with Crippen molar-refractivity contribution >= 4 is 23.4 Å². The van der Waals surface area contributed by atoms with Gasteiger partial charge in [-0.25, -0.2) is 0 Å². The number of nitrogens with zero attached hydrogens (tertiary/aromatic N) is 1. The molecule has 0 fully saturated rings. The largest absolute Gasteiger partial charge is 0.299 e. The van der Waals surface area contributed by atoms with Crippen molar-refractivity contribution in [2.45, 2.75) is 13.0 Å². The molecule has 0 heterocycles. The van der Waals surface area contributed by atoms with E-state index in [0.717, 1.165) is 17.9 Å². The highest BCUT2D eigenvalue weighted by atomic mass is 35.5. The van der Waals surface area contributed by atoms with Gasteiger partial charge in [0.25, 0.3) is 0 Å². The van der Waals surface area contributed by atoms with Crippen molar-refractivity contribution in [2.75, 3.05) is 31.5 Å². The first-order chi connectivity index (χ1) is 5.61. The lowest BCUT2D eigenvalue weighted by Gasteiger charge is -2.24.